The number of benzene rings is 1. The zero-order valence-corrected chi connectivity index (χ0v) is 9.31. The summed E-state index contributed by atoms with van der Waals surface area (Å²) in [5, 5.41) is 8.91. The Balaban J connectivity index is 1.86. The van der Waals surface area contributed by atoms with Crippen LogP contribution in [-0.2, 0) is 11.2 Å². The van der Waals surface area contributed by atoms with Crippen molar-refractivity contribution in [2.24, 2.45) is 5.92 Å². The van der Waals surface area contributed by atoms with Gasteiger partial charge in [-0.15, -0.1) is 0 Å². The summed E-state index contributed by atoms with van der Waals surface area (Å²) < 4.78 is 0. The molecular formula is C13H15NO2. The first kappa shape index (κ1) is 9.70. The monoisotopic (exact) mass is 217 g/mol. The Morgan fingerprint density at radius 1 is 1.50 bits per heavy atom. The molecule has 0 saturated heterocycles. The fourth-order valence-electron chi connectivity index (χ4n) is 2.65. The lowest BCUT2D eigenvalue weighted by Gasteiger charge is -2.12. The summed E-state index contributed by atoms with van der Waals surface area (Å²) in [4.78, 5) is 13.1. The molecule has 84 valence electrons. The number of aliphatic carboxylic acids is 1. The van der Waals surface area contributed by atoms with Crippen LogP contribution in [0.1, 0.15) is 23.5 Å². The normalized spacial score (nSPS) is 26.7. The van der Waals surface area contributed by atoms with Gasteiger partial charge in [-0.05, 0) is 36.0 Å². The van der Waals surface area contributed by atoms with E-state index in [0.717, 1.165) is 19.4 Å². The Kier molecular flexibility index (Phi) is 1.96. The molecule has 0 aromatic heterocycles. The molecule has 1 saturated carbocycles. The summed E-state index contributed by atoms with van der Waals surface area (Å²) in [6.07, 6.45) is 1.90. The van der Waals surface area contributed by atoms with E-state index in [2.05, 4.69) is 30.1 Å². The van der Waals surface area contributed by atoms with E-state index in [1.807, 2.05) is 0 Å². The van der Waals surface area contributed by atoms with Crippen molar-refractivity contribution in [3.05, 3.63) is 29.3 Å². The lowest BCUT2D eigenvalue weighted by atomic mass is 10.0. The Bertz CT molecular complexity index is 455. The molecule has 1 aromatic rings. The third-order valence-electron chi connectivity index (χ3n) is 3.77. The van der Waals surface area contributed by atoms with Gasteiger partial charge in [-0.25, -0.2) is 0 Å². The second-order valence-corrected chi connectivity index (χ2v) is 4.85. The average molecular weight is 217 g/mol. The molecular weight excluding hydrogens is 202 g/mol. The molecule has 1 aliphatic carbocycles. The molecule has 0 radical (unpaired) electrons. The molecule has 3 heteroatoms. The van der Waals surface area contributed by atoms with Crippen LogP contribution in [0.2, 0.25) is 0 Å². The van der Waals surface area contributed by atoms with E-state index in [-0.39, 0.29) is 11.8 Å². The number of carboxylic acid groups (broad SMARTS) is 1. The number of fused-ring (bicyclic) bond motifs is 1. The topological polar surface area (TPSA) is 40.5 Å². The Hall–Kier alpha value is -1.51. The first-order valence-electron chi connectivity index (χ1n) is 5.73. The minimum Gasteiger partial charge on any atom is -0.481 e. The lowest BCUT2D eigenvalue weighted by Crippen LogP contribution is -2.12. The molecule has 3 nitrogen and oxygen atoms in total. The van der Waals surface area contributed by atoms with E-state index in [4.69, 9.17) is 5.11 Å². The highest BCUT2D eigenvalue weighted by Gasteiger charge is 2.44. The summed E-state index contributed by atoms with van der Waals surface area (Å²) in [5.41, 5.74) is 3.88. The number of likely N-dealkylation sites (N-methyl/N-ethyl adjacent to an activating group) is 1. The van der Waals surface area contributed by atoms with Gasteiger partial charge in [0.25, 0.3) is 0 Å². The van der Waals surface area contributed by atoms with Crippen molar-refractivity contribution in [1.29, 1.82) is 0 Å². The third-order valence-corrected chi connectivity index (χ3v) is 3.77. The highest BCUT2D eigenvalue weighted by Crippen LogP contribution is 2.48. The van der Waals surface area contributed by atoms with E-state index >= 15 is 0 Å². The van der Waals surface area contributed by atoms with Crippen molar-refractivity contribution < 1.29 is 9.90 Å². The van der Waals surface area contributed by atoms with E-state index in [1.165, 1.54) is 16.8 Å². The highest BCUT2D eigenvalue weighted by atomic mass is 16.4. The second-order valence-electron chi connectivity index (χ2n) is 4.85. The minimum atomic E-state index is -0.650. The van der Waals surface area contributed by atoms with Crippen molar-refractivity contribution in [2.45, 2.75) is 18.8 Å². The first-order valence-corrected chi connectivity index (χ1v) is 5.73. The molecule has 0 bridgehead atoms. The molecule has 0 spiro atoms. The Morgan fingerprint density at radius 3 is 3.00 bits per heavy atom. The van der Waals surface area contributed by atoms with Gasteiger partial charge in [-0.1, -0.05) is 12.1 Å². The number of hydrogen-bond acceptors (Lipinski definition) is 2. The maximum Gasteiger partial charge on any atom is 0.307 e. The van der Waals surface area contributed by atoms with Crippen LogP contribution in [0.15, 0.2) is 18.2 Å². The summed E-state index contributed by atoms with van der Waals surface area (Å²) in [6.45, 7) is 1.08. The number of carboxylic acids is 1. The third kappa shape index (κ3) is 1.39. The van der Waals surface area contributed by atoms with E-state index in [9.17, 15) is 4.79 Å². The quantitative estimate of drug-likeness (QED) is 0.822. The molecule has 3 rings (SSSR count). The van der Waals surface area contributed by atoms with Crippen LogP contribution < -0.4 is 4.90 Å². The number of nitrogens with zero attached hydrogens (tertiary/aromatic N) is 1. The fraction of sp³-hybridized carbons (Fsp3) is 0.462. The fourth-order valence-corrected chi connectivity index (χ4v) is 2.65. The predicted molar refractivity (Wildman–Crippen MR) is 61.9 cm³/mol. The van der Waals surface area contributed by atoms with Gasteiger partial charge < -0.3 is 10.0 Å². The molecule has 1 heterocycles. The van der Waals surface area contributed by atoms with E-state index < -0.39 is 5.97 Å². The van der Waals surface area contributed by atoms with Crippen molar-refractivity contribution >= 4 is 11.7 Å². The maximum atomic E-state index is 10.8. The number of rotatable bonds is 2. The summed E-state index contributed by atoms with van der Waals surface area (Å²) >= 11 is 0. The number of carbonyl (C=O) groups is 1. The van der Waals surface area contributed by atoms with Crippen LogP contribution >= 0.6 is 0 Å². The Morgan fingerprint density at radius 2 is 2.31 bits per heavy atom. The van der Waals surface area contributed by atoms with Crippen molar-refractivity contribution in [3.63, 3.8) is 0 Å². The van der Waals surface area contributed by atoms with Gasteiger partial charge in [0, 0.05) is 19.3 Å². The van der Waals surface area contributed by atoms with Gasteiger partial charge in [0.1, 0.15) is 0 Å². The van der Waals surface area contributed by atoms with Gasteiger partial charge in [0.05, 0.1) is 5.92 Å². The average Bonchev–Trinajstić information content (AvgIpc) is 2.99. The molecule has 1 fully saturated rings. The maximum absolute atomic E-state index is 10.8. The van der Waals surface area contributed by atoms with Gasteiger partial charge in [-0.3, -0.25) is 4.79 Å². The summed E-state index contributed by atoms with van der Waals surface area (Å²) in [5.74, 6) is -0.534. The van der Waals surface area contributed by atoms with Gasteiger partial charge in [0.2, 0.25) is 0 Å². The molecule has 2 atom stereocenters. The van der Waals surface area contributed by atoms with Crippen LogP contribution in [0.3, 0.4) is 0 Å². The van der Waals surface area contributed by atoms with Crippen LogP contribution in [-0.4, -0.2) is 24.7 Å². The molecule has 1 N–H and O–H groups in total. The minimum absolute atomic E-state index is 0.141. The second kappa shape index (κ2) is 3.24. The van der Waals surface area contributed by atoms with Gasteiger partial charge in [0.15, 0.2) is 0 Å². The van der Waals surface area contributed by atoms with Gasteiger partial charge in [-0.2, -0.15) is 0 Å². The zero-order valence-electron chi connectivity index (χ0n) is 9.31. The number of hydrogen-bond donors (Lipinski definition) is 1. The standard InChI is InChI=1S/C13H15NO2/c1-14-5-4-9-6-8(2-3-12(9)14)10-7-11(10)13(15)16/h2-3,6,10-11H,4-5,7H2,1H3,(H,15,16). The molecule has 0 amide bonds. The summed E-state index contributed by atoms with van der Waals surface area (Å²) in [7, 11) is 2.10. The first-order chi connectivity index (χ1) is 7.66. The molecule has 2 aliphatic rings. The smallest absolute Gasteiger partial charge is 0.307 e. The van der Waals surface area contributed by atoms with Crippen molar-refractivity contribution in [2.75, 3.05) is 18.5 Å². The summed E-state index contributed by atoms with van der Waals surface area (Å²) in [6, 6.07) is 6.43. The largest absolute Gasteiger partial charge is 0.481 e. The van der Waals surface area contributed by atoms with Crippen LogP contribution in [0.5, 0.6) is 0 Å². The van der Waals surface area contributed by atoms with Crippen LogP contribution in [0, 0.1) is 5.92 Å². The van der Waals surface area contributed by atoms with Gasteiger partial charge >= 0.3 is 5.97 Å². The lowest BCUT2D eigenvalue weighted by molar-refractivity contribution is -0.138. The molecule has 2 unspecified atom stereocenters. The molecule has 16 heavy (non-hydrogen) atoms. The Labute approximate surface area is 94.7 Å². The zero-order chi connectivity index (χ0) is 11.3. The highest BCUT2D eigenvalue weighted by molar-refractivity contribution is 5.75. The van der Waals surface area contributed by atoms with E-state index in [0.29, 0.717) is 0 Å². The van der Waals surface area contributed by atoms with Crippen molar-refractivity contribution in [3.8, 4) is 0 Å². The molecule has 1 aromatic carbocycles. The predicted octanol–water partition coefficient (Wildman–Crippen LogP) is 1.87. The number of anilines is 1. The SMILES string of the molecule is CN1CCc2cc(C3CC3C(=O)O)ccc21. The van der Waals surface area contributed by atoms with E-state index in [1.54, 1.807) is 0 Å². The molecule has 1 aliphatic heterocycles. The van der Waals surface area contributed by atoms with Crippen molar-refractivity contribution in [1.82, 2.24) is 0 Å². The van der Waals surface area contributed by atoms with Crippen LogP contribution in [0.4, 0.5) is 5.69 Å². The van der Waals surface area contributed by atoms with Crippen LogP contribution in [0.25, 0.3) is 0 Å².